The van der Waals surface area contributed by atoms with Gasteiger partial charge in [-0.15, -0.1) is 0 Å². The molecule has 1 atom stereocenters. The topological polar surface area (TPSA) is 53.0 Å². The van der Waals surface area contributed by atoms with E-state index in [0.717, 1.165) is 58.6 Å². The second-order valence-corrected chi connectivity index (χ2v) is 5.12. The molecule has 0 aromatic heterocycles. The Labute approximate surface area is 109 Å². The number of carbonyl (C=O) groups excluding carboxylic acids is 1. The van der Waals surface area contributed by atoms with Gasteiger partial charge in [0.2, 0.25) is 5.91 Å². The first-order valence-electron chi connectivity index (χ1n) is 7.02. The summed E-state index contributed by atoms with van der Waals surface area (Å²) in [6, 6.07) is 0. The second kappa shape index (κ2) is 7.07. The van der Waals surface area contributed by atoms with E-state index in [4.69, 9.17) is 9.84 Å². The molecule has 2 rings (SSSR count). The van der Waals surface area contributed by atoms with Crippen molar-refractivity contribution in [3.63, 3.8) is 0 Å². The SMILES string of the molecule is O=C(CC[C@H]1CCCO1)N1CCN(CCO)CC1. The maximum atomic E-state index is 12.0. The van der Waals surface area contributed by atoms with Crippen molar-refractivity contribution in [2.45, 2.75) is 31.8 Å². The molecule has 0 unspecified atom stereocenters. The summed E-state index contributed by atoms with van der Waals surface area (Å²) in [5.41, 5.74) is 0. The van der Waals surface area contributed by atoms with Gasteiger partial charge in [0.25, 0.3) is 0 Å². The number of rotatable bonds is 5. The lowest BCUT2D eigenvalue weighted by atomic mass is 10.1. The Hall–Kier alpha value is -0.650. The van der Waals surface area contributed by atoms with E-state index >= 15 is 0 Å². The molecule has 104 valence electrons. The highest BCUT2D eigenvalue weighted by Crippen LogP contribution is 2.17. The van der Waals surface area contributed by atoms with Gasteiger partial charge in [-0.2, -0.15) is 0 Å². The predicted octanol–water partition coefficient (Wildman–Crippen LogP) is 0.0821. The van der Waals surface area contributed by atoms with Crippen LogP contribution in [0.5, 0.6) is 0 Å². The lowest BCUT2D eigenvalue weighted by Crippen LogP contribution is -2.49. The number of piperazine rings is 1. The maximum Gasteiger partial charge on any atom is 0.222 e. The van der Waals surface area contributed by atoms with Crippen molar-refractivity contribution in [3.05, 3.63) is 0 Å². The highest BCUT2D eigenvalue weighted by Gasteiger charge is 2.22. The van der Waals surface area contributed by atoms with Crippen LogP contribution < -0.4 is 0 Å². The summed E-state index contributed by atoms with van der Waals surface area (Å²) in [6.07, 6.45) is 4.04. The standard InChI is InChI=1S/C13H24N2O3/c16-10-9-14-5-7-15(8-6-14)13(17)4-3-12-2-1-11-18-12/h12,16H,1-11H2/t12-/m1/s1. The number of carbonyl (C=O) groups is 1. The van der Waals surface area contributed by atoms with Gasteiger partial charge in [0.15, 0.2) is 0 Å². The molecule has 2 heterocycles. The molecule has 0 aliphatic carbocycles. The van der Waals surface area contributed by atoms with E-state index in [1.54, 1.807) is 0 Å². The van der Waals surface area contributed by atoms with Gasteiger partial charge in [-0.25, -0.2) is 0 Å². The number of amides is 1. The molecule has 0 aromatic carbocycles. The number of aliphatic hydroxyl groups is 1. The predicted molar refractivity (Wildman–Crippen MR) is 68.3 cm³/mol. The summed E-state index contributed by atoms with van der Waals surface area (Å²) < 4.78 is 5.53. The average molecular weight is 256 g/mol. The van der Waals surface area contributed by atoms with Crippen LogP contribution in [0.3, 0.4) is 0 Å². The van der Waals surface area contributed by atoms with Crippen molar-refractivity contribution in [2.24, 2.45) is 0 Å². The molecule has 0 spiro atoms. The Morgan fingerprint density at radius 2 is 2.06 bits per heavy atom. The van der Waals surface area contributed by atoms with Crippen molar-refractivity contribution >= 4 is 5.91 Å². The number of hydrogen-bond donors (Lipinski definition) is 1. The van der Waals surface area contributed by atoms with Crippen LogP contribution in [-0.2, 0) is 9.53 Å². The van der Waals surface area contributed by atoms with Gasteiger partial charge in [0, 0.05) is 45.8 Å². The van der Waals surface area contributed by atoms with E-state index < -0.39 is 0 Å². The molecule has 1 amide bonds. The van der Waals surface area contributed by atoms with Gasteiger partial charge < -0.3 is 14.7 Å². The number of hydrogen-bond acceptors (Lipinski definition) is 4. The van der Waals surface area contributed by atoms with Crippen LogP contribution in [0.2, 0.25) is 0 Å². The maximum absolute atomic E-state index is 12.0. The molecule has 0 bridgehead atoms. The third-order valence-corrected chi connectivity index (χ3v) is 3.85. The van der Waals surface area contributed by atoms with E-state index in [-0.39, 0.29) is 12.5 Å². The van der Waals surface area contributed by atoms with E-state index in [0.29, 0.717) is 12.5 Å². The highest BCUT2D eigenvalue weighted by atomic mass is 16.5. The van der Waals surface area contributed by atoms with Gasteiger partial charge >= 0.3 is 0 Å². The second-order valence-electron chi connectivity index (χ2n) is 5.12. The Morgan fingerprint density at radius 3 is 2.67 bits per heavy atom. The molecule has 0 radical (unpaired) electrons. The minimum absolute atomic E-state index is 0.201. The van der Waals surface area contributed by atoms with Crippen LogP contribution >= 0.6 is 0 Å². The summed E-state index contributed by atoms with van der Waals surface area (Å²) in [4.78, 5) is 16.2. The monoisotopic (exact) mass is 256 g/mol. The van der Waals surface area contributed by atoms with Gasteiger partial charge in [-0.05, 0) is 19.3 Å². The molecule has 2 fully saturated rings. The number of nitrogens with zero attached hydrogens (tertiary/aromatic N) is 2. The number of ether oxygens (including phenoxy) is 1. The van der Waals surface area contributed by atoms with Gasteiger partial charge in [-0.1, -0.05) is 0 Å². The smallest absolute Gasteiger partial charge is 0.222 e. The fourth-order valence-corrected chi connectivity index (χ4v) is 2.68. The van der Waals surface area contributed by atoms with E-state index in [1.807, 2.05) is 4.90 Å². The lowest BCUT2D eigenvalue weighted by Gasteiger charge is -2.34. The minimum Gasteiger partial charge on any atom is -0.395 e. The van der Waals surface area contributed by atoms with Gasteiger partial charge in [-0.3, -0.25) is 9.69 Å². The van der Waals surface area contributed by atoms with E-state index in [1.165, 1.54) is 0 Å². The Morgan fingerprint density at radius 1 is 1.28 bits per heavy atom. The third kappa shape index (κ3) is 3.93. The van der Waals surface area contributed by atoms with Crippen molar-refractivity contribution in [1.29, 1.82) is 0 Å². The molecular weight excluding hydrogens is 232 g/mol. The molecule has 18 heavy (non-hydrogen) atoms. The molecule has 2 aliphatic heterocycles. The molecular formula is C13H24N2O3. The van der Waals surface area contributed by atoms with Crippen LogP contribution in [0.25, 0.3) is 0 Å². The van der Waals surface area contributed by atoms with Crippen LogP contribution in [0.1, 0.15) is 25.7 Å². The van der Waals surface area contributed by atoms with Gasteiger partial charge in [0.05, 0.1) is 12.7 Å². The van der Waals surface area contributed by atoms with Crippen molar-refractivity contribution in [1.82, 2.24) is 9.80 Å². The average Bonchev–Trinajstić information content (AvgIpc) is 2.90. The zero-order chi connectivity index (χ0) is 12.8. The molecule has 1 N–H and O–H groups in total. The lowest BCUT2D eigenvalue weighted by molar-refractivity contribution is -0.133. The molecule has 2 saturated heterocycles. The first-order chi connectivity index (χ1) is 8.79. The van der Waals surface area contributed by atoms with Crippen LogP contribution in [0, 0.1) is 0 Å². The zero-order valence-electron chi connectivity index (χ0n) is 11.0. The Balaban J connectivity index is 1.64. The molecule has 5 nitrogen and oxygen atoms in total. The highest BCUT2D eigenvalue weighted by molar-refractivity contribution is 5.76. The molecule has 0 saturated carbocycles. The molecule has 2 aliphatic rings. The summed E-state index contributed by atoms with van der Waals surface area (Å²) in [7, 11) is 0. The number of aliphatic hydroxyl groups excluding tert-OH is 1. The van der Waals surface area contributed by atoms with Crippen molar-refractivity contribution < 1.29 is 14.6 Å². The van der Waals surface area contributed by atoms with Crippen LogP contribution in [0.4, 0.5) is 0 Å². The normalized spacial score (nSPS) is 25.6. The van der Waals surface area contributed by atoms with E-state index in [9.17, 15) is 4.79 Å². The largest absolute Gasteiger partial charge is 0.395 e. The van der Waals surface area contributed by atoms with Crippen molar-refractivity contribution in [3.8, 4) is 0 Å². The number of β-amino-alcohol motifs (C(OH)–C–C–N with tert-alkyl or cyclic N) is 1. The first kappa shape index (κ1) is 13.8. The zero-order valence-corrected chi connectivity index (χ0v) is 11.0. The van der Waals surface area contributed by atoms with E-state index in [2.05, 4.69) is 4.90 Å². The summed E-state index contributed by atoms with van der Waals surface area (Å²) in [6.45, 7) is 5.14. The third-order valence-electron chi connectivity index (χ3n) is 3.85. The Bertz CT molecular complexity index is 259. The van der Waals surface area contributed by atoms with Crippen LogP contribution in [-0.4, -0.2) is 72.9 Å². The molecule has 5 heteroatoms. The first-order valence-corrected chi connectivity index (χ1v) is 7.02. The summed E-state index contributed by atoms with van der Waals surface area (Å²) >= 11 is 0. The fourth-order valence-electron chi connectivity index (χ4n) is 2.68. The quantitative estimate of drug-likeness (QED) is 0.757. The summed E-state index contributed by atoms with van der Waals surface area (Å²) in [5, 5.41) is 8.86. The minimum atomic E-state index is 0.201. The van der Waals surface area contributed by atoms with Crippen LogP contribution in [0.15, 0.2) is 0 Å². The Kier molecular flexibility index (Phi) is 5.41. The van der Waals surface area contributed by atoms with Crippen molar-refractivity contribution in [2.75, 3.05) is 45.9 Å². The fraction of sp³-hybridized carbons (Fsp3) is 0.923. The molecule has 0 aromatic rings. The van der Waals surface area contributed by atoms with Gasteiger partial charge in [0.1, 0.15) is 0 Å². The summed E-state index contributed by atoms with van der Waals surface area (Å²) in [5.74, 6) is 0.258.